The Labute approximate surface area is 176 Å². The van der Waals surface area contributed by atoms with Crippen LogP contribution in [0.3, 0.4) is 0 Å². The second-order valence-electron chi connectivity index (χ2n) is 7.95. The largest absolute Gasteiger partial charge is 0.340 e. The normalized spacial score (nSPS) is 16.4. The molecule has 1 amide bonds. The minimum atomic E-state index is 0.228. The molecule has 8 nitrogen and oxygen atoms in total. The van der Waals surface area contributed by atoms with Crippen LogP contribution in [0.2, 0.25) is 0 Å². The maximum absolute atomic E-state index is 12.9. The third-order valence-corrected chi connectivity index (χ3v) is 6.04. The van der Waals surface area contributed by atoms with Crippen molar-refractivity contribution in [3.63, 3.8) is 0 Å². The summed E-state index contributed by atoms with van der Waals surface area (Å²) in [6, 6.07) is 3.94. The van der Waals surface area contributed by atoms with Crippen LogP contribution in [0.5, 0.6) is 0 Å². The molecule has 0 radical (unpaired) electrons. The fourth-order valence-electron chi connectivity index (χ4n) is 4.28. The van der Waals surface area contributed by atoms with Gasteiger partial charge in [0.15, 0.2) is 5.82 Å². The molecule has 4 heterocycles. The van der Waals surface area contributed by atoms with Crippen LogP contribution in [0.1, 0.15) is 48.5 Å². The SMILES string of the molecule is Cc1nn(C)c(C)c1CCC(=O)N1CCCC1CCc1noc(-c2ccncc2)n1. The molecule has 0 saturated carbocycles. The number of aromatic nitrogens is 5. The van der Waals surface area contributed by atoms with Gasteiger partial charge in [0.25, 0.3) is 5.89 Å². The van der Waals surface area contributed by atoms with E-state index >= 15 is 0 Å². The van der Waals surface area contributed by atoms with Crippen LogP contribution in [0.15, 0.2) is 29.0 Å². The quantitative estimate of drug-likeness (QED) is 0.597. The molecule has 0 spiro atoms. The molecule has 8 heteroatoms. The first-order valence-electron chi connectivity index (χ1n) is 10.5. The van der Waals surface area contributed by atoms with Gasteiger partial charge in [-0.25, -0.2) is 0 Å². The molecule has 1 unspecified atom stereocenters. The lowest BCUT2D eigenvalue weighted by Gasteiger charge is -2.24. The maximum atomic E-state index is 12.9. The van der Waals surface area contributed by atoms with Crippen molar-refractivity contribution in [1.29, 1.82) is 0 Å². The number of amides is 1. The zero-order chi connectivity index (χ0) is 21.1. The number of aryl methyl sites for hydroxylation is 3. The lowest BCUT2D eigenvalue weighted by atomic mass is 10.1. The summed E-state index contributed by atoms with van der Waals surface area (Å²) in [6.45, 7) is 4.91. The molecule has 1 aliphatic rings. The fourth-order valence-corrected chi connectivity index (χ4v) is 4.28. The van der Waals surface area contributed by atoms with Crippen LogP contribution in [0, 0.1) is 13.8 Å². The van der Waals surface area contributed by atoms with E-state index in [0.717, 1.165) is 49.2 Å². The average molecular weight is 409 g/mol. The van der Waals surface area contributed by atoms with Gasteiger partial charge in [-0.1, -0.05) is 5.16 Å². The number of nitrogens with zero attached hydrogens (tertiary/aromatic N) is 6. The van der Waals surface area contributed by atoms with Crippen LogP contribution >= 0.6 is 0 Å². The molecule has 3 aromatic heterocycles. The molecule has 3 aromatic rings. The minimum absolute atomic E-state index is 0.228. The number of hydrogen-bond donors (Lipinski definition) is 0. The van der Waals surface area contributed by atoms with E-state index in [-0.39, 0.29) is 11.9 Å². The Kier molecular flexibility index (Phi) is 5.92. The Morgan fingerprint density at radius 3 is 2.77 bits per heavy atom. The van der Waals surface area contributed by atoms with Gasteiger partial charge >= 0.3 is 0 Å². The summed E-state index contributed by atoms with van der Waals surface area (Å²) in [5.41, 5.74) is 4.21. The summed E-state index contributed by atoms with van der Waals surface area (Å²) in [5.74, 6) is 1.42. The van der Waals surface area contributed by atoms with Gasteiger partial charge in [-0.15, -0.1) is 0 Å². The van der Waals surface area contributed by atoms with Crippen LogP contribution in [0.4, 0.5) is 0 Å². The Balaban J connectivity index is 1.32. The maximum Gasteiger partial charge on any atom is 0.258 e. The summed E-state index contributed by atoms with van der Waals surface area (Å²) >= 11 is 0. The lowest BCUT2D eigenvalue weighted by molar-refractivity contribution is -0.132. The molecule has 0 bridgehead atoms. The minimum Gasteiger partial charge on any atom is -0.340 e. The number of rotatable bonds is 7. The Morgan fingerprint density at radius 1 is 1.23 bits per heavy atom. The molecule has 1 fully saturated rings. The summed E-state index contributed by atoms with van der Waals surface area (Å²) in [6.07, 6.45) is 8.31. The molecule has 0 aromatic carbocycles. The third kappa shape index (κ3) is 4.27. The molecule has 30 heavy (non-hydrogen) atoms. The zero-order valence-corrected chi connectivity index (χ0v) is 17.8. The molecule has 1 aliphatic heterocycles. The van der Waals surface area contributed by atoms with Gasteiger partial charge in [0.2, 0.25) is 5.91 Å². The molecular formula is C22H28N6O2. The molecule has 0 aliphatic carbocycles. The van der Waals surface area contributed by atoms with Gasteiger partial charge in [-0.05, 0) is 57.2 Å². The van der Waals surface area contributed by atoms with E-state index < -0.39 is 0 Å². The van der Waals surface area contributed by atoms with Crippen LogP contribution in [-0.2, 0) is 24.7 Å². The molecule has 1 saturated heterocycles. The highest BCUT2D eigenvalue weighted by atomic mass is 16.5. The first kappa shape index (κ1) is 20.3. The van der Waals surface area contributed by atoms with E-state index in [2.05, 4.69) is 27.1 Å². The van der Waals surface area contributed by atoms with E-state index in [9.17, 15) is 4.79 Å². The number of carbonyl (C=O) groups is 1. The van der Waals surface area contributed by atoms with Crippen LogP contribution in [-0.4, -0.2) is 48.3 Å². The standard InChI is InChI=1S/C22H28N6O2/c1-15-19(16(2)27(3)25-15)7-9-21(29)28-14-4-5-18(28)6-8-20-24-22(30-26-20)17-10-12-23-13-11-17/h10-13,18H,4-9,14H2,1-3H3. The summed E-state index contributed by atoms with van der Waals surface area (Å²) in [4.78, 5) is 23.4. The van der Waals surface area contributed by atoms with Gasteiger partial charge in [0, 0.05) is 56.1 Å². The van der Waals surface area contributed by atoms with Crippen molar-refractivity contribution >= 4 is 5.91 Å². The van der Waals surface area contributed by atoms with Gasteiger partial charge in [0.1, 0.15) is 0 Å². The van der Waals surface area contributed by atoms with Crippen molar-refractivity contribution in [2.45, 2.75) is 58.4 Å². The molecule has 1 atom stereocenters. The van der Waals surface area contributed by atoms with Crippen molar-refractivity contribution < 1.29 is 9.32 Å². The Bertz CT molecular complexity index is 1010. The number of pyridine rings is 1. The number of carbonyl (C=O) groups excluding carboxylic acids is 1. The highest BCUT2D eigenvalue weighted by molar-refractivity contribution is 5.77. The van der Waals surface area contributed by atoms with Crippen molar-refractivity contribution in [3.05, 3.63) is 47.3 Å². The van der Waals surface area contributed by atoms with Crippen molar-refractivity contribution in [3.8, 4) is 11.5 Å². The van der Waals surface area contributed by atoms with Gasteiger partial charge in [0.05, 0.1) is 5.69 Å². The van der Waals surface area contributed by atoms with Gasteiger partial charge in [-0.2, -0.15) is 10.1 Å². The zero-order valence-electron chi connectivity index (χ0n) is 17.8. The number of likely N-dealkylation sites (tertiary alicyclic amines) is 1. The van der Waals surface area contributed by atoms with Crippen molar-refractivity contribution in [1.82, 2.24) is 29.8 Å². The molecule has 158 valence electrons. The van der Waals surface area contributed by atoms with E-state index in [0.29, 0.717) is 24.6 Å². The monoisotopic (exact) mass is 408 g/mol. The summed E-state index contributed by atoms with van der Waals surface area (Å²) in [7, 11) is 1.95. The van der Waals surface area contributed by atoms with Crippen molar-refractivity contribution in [2.75, 3.05) is 6.54 Å². The number of hydrogen-bond acceptors (Lipinski definition) is 6. The predicted octanol–water partition coefficient (Wildman–Crippen LogP) is 3.04. The first-order chi connectivity index (χ1) is 14.5. The van der Waals surface area contributed by atoms with E-state index in [1.54, 1.807) is 12.4 Å². The highest BCUT2D eigenvalue weighted by Crippen LogP contribution is 2.24. The Hall–Kier alpha value is -3.03. The smallest absolute Gasteiger partial charge is 0.258 e. The Morgan fingerprint density at radius 2 is 2.03 bits per heavy atom. The van der Waals surface area contributed by atoms with Gasteiger partial charge < -0.3 is 9.42 Å². The predicted molar refractivity (Wildman–Crippen MR) is 112 cm³/mol. The molecule has 0 N–H and O–H groups in total. The van der Waals surface area contributed by atoms with E-state index in [1.807, 2.05) is 35.7 Å². The summed E-state index contributed by atoms with van der Waals surface area (Å²) < 4.78 is 7.26. The highest BCUT2D eigenvalue weighted by Gasteiger charge is 2.29. The first-order valence-corrected chi connectivity index (χ1v) is 10.5. The van der Waals surface area contributed by atoms with Crippen molar-refractivity contribution in [2.24, 2.45) is 7.05 Å². The second-order valence-corrected chi connectivity index (χ2v) is 7.95. The lowest BCUT2D eigenvalue weighted by Crippen LogP contribution is -2.36. The summed E-state index contributed by atoms with van der Waals surface area (Å²) in [5, 5.41) is 8.56. The van der Waals surface area contributed by atoms with E-state index in [4.69, 9.17) is 4.52 Å². The molecular weight excluding hydrogens is 380 g/mol. The topological polar surface area (TPSA) is 89.9 Å². The van der Waals surface area contributed by atoms with Crippen LogP contribution < -0.4 is 0 Å². The van der Waals surface area contributed by atoms with Gasteiger partial charge in [-0.3, -0.25) is 14.5 Å². The molecule has 4 rings (SSSR count). The third-order valence-electron chi connectivity index (χ3n) is 6.04. The fraction of sp³-hybridized carbons (Fsp3) is 0.500. The second kappa shape index (κ2) is 8.77. The van der Waals surface area contributed by atoms with E-state index in [1.165, 1.54) is 5.56 Å². The average Bonchev–Trinajstić information content (AvgIpc) is 3.46. The van der Waals surface area contributed by atoms with Crippen LogP contribution in [0.25, 0.3) is 11.5 Å².